The Morgan fingerprint density at radius 1 is 1.24 bits per heavy atom. The van der Waals surface area contributed by atoms with E-state index in [2.05, 4.69) is 15.5 Å². The summed E-state index contributed by atoms with van der Waals surface area (Å²) in [6, 6.07) is 9.96. The number of nitrogens with zero attached hydrogens (tertiary/aromatic N) is 4. The highest BCUT2D eigenvalue weighted by Gasteiger charge is 2.21. The van der Waals surface area contributed by atoms with Crippen molar-refractivity contribution < 1.29 is 23.4 Å². The number of aromatic nitrogens is 4. The summed E-state index contributed by atoms with van der Waals surface area (Å²) in [7, 11) is 0. The van der Waals surface area contributed by atoms with Gasteiger partial charge >= 0.3 is 5.97 Å². The zero-order valence-electron chi connectivity index (χ0n) is 21.4. The molecule has 5 rings (SSSR count). The van der Waals surface area contributed by atoms with Crippen molar-refractivity contribution in [2.45, 2.75) is 51.9 Å². The molecule has 1 fully saturated rings. The quantitative estimate of drug-likeness (QED) is 0.279. The van der Waals surface area contributed by atoms with Gasteiger partial charge in [-0.05, 0) is 64.3 Å². The van der Waals surface area contributed by atoms with Crippen molar-refractivity contribution in [3.63, 3.8) is 0 Å². The van der Waals surface area contributed by atoms with E-state index in [0.29, 0.717) is 22.2 Å². The fourth-order valence-electron chi connectivity index (χ4n) is 4.26. The molecule has 3 heterocycles. The number of halogens is 2. The van der Waals surface area contributed by atoms with Crippen LogP contribution < -0.4 is 10.1 Å². The molecule has 2 aromatic carbocycles. The lowest BCUT2D eigenvalue weighted by Crippen LogP contribution is -2.27. The summed E-state index contributed by atoms with van der Waals surface area (Å²) in [4.78, 5) is 11.8. The molecule has 1 atom stereocenters. The number of nitrogens with one attached hydrogen (secondary N) is 1. The van der Waals surface area contributed by atoms with Gasteiger partial charge in [0.25, 0.3) is 0 Å². The van der Waals surface area contributed by atoms with E-state index in [1.54, 1.807) is 45.3 Å². The fourth-order valence-corrected chi connectivity index (χ4v) is 4.52. The third-order valence-corrected chi connectivity index (χ3v) is 6.35. The smallest absolute Gasteiger partial charge is 0.344 e. The molecule has 1 aliphatic heterocycles. The van der Waals surface area contributed by atoms with Gasteiger partial charge in [0.15, 0.2) is 30.2 Å². The molecule has 0 amide bonds. The number of fused-ring (bicyclic) bond motifs is 1. The second-order valence-corrected chi connectivity index (χ2v) is 10.4. The summed E-state index contributed by atoms with van der Waals surface area (Å²) in [6.45, 7) is 5.60. The Hall–Kier alpha value is -3.63. The van der Waals surface area contributed by atoms with E-state index in [0.717, 1.165) is 36.8 Å². The number of carbonyl (C=O) groups is 1. The maximum Gasteiger partial charge on any atom is 0.344 e. The summed E-state index contributed by atoms with van der Waals surface area (Å²) >= 11 is 6.71. The SMILES string of the molecule is CC(C)(C)OC(=O)COc1ccc(-n2ccc(Nc3ccc4c(cnn4C4CCCCO4)c3Cl)n2)cc1F. The van der Waals surface area contributed by atoms with E-state index in [4.69, 9.17) is 25.8 Å². The minimum absolute atomic E-state index is 0.0515. The summed E-state index contributed by atoms with van der Waals surface area (Å²) < 4.78 is 34.4. The van der Waals surface area contributed by atoms with E-state index in [-0.39, 0.29) is 18.6 Å². The lowest BCUT2D eigenvalue weighted by Gasteiger charge is -2.23. The third kappa shape index (κ3) is 5.76. The minimum atomic E-state index is -0.642. The first kappa shape index (κ1) is 26.0. The Bertz CT molecular complexity index is 1460. The average Bonchev–Trinajstić information content (AvgIpc) is 3.52. The highest BCUT2D eigenvalue weighted by atomic mass is 35.5. The fraction of sp³-hybridized carbons (Fsp3) is 0.370. The van der Waals surface area contributed by atoms with Crippen LogP contribution >= 0.6 is 11.6 Å². The molecule has 200 valence electrons. The second-order valence-electron chi connectivity index (χ2n) is 10.0. The normalized spacial score (nSPS) is 16.0. The van der Waals surface area contributed by atoms with E-state index in [9.17, 15) is 9.18 Å². The number of ether oxygens (including phenoxy) is 3. The number of hydrogen-bond acceptors (Lipinski definition) is 7. The first-order valence-corrected chi connectivity index (χ1v) is 12.8. The first-order chi connectivity index (χ1) is 18.2. The van der Waals surface area contributed by atoms with Gasteiger partial charge in [0.2, 0.25) is 0 Å². The van der Waals surface area contributed by atoms with Crippen molar-refractivity contribution in [1.82, 2.24) is 19.6 Å². The molecule has 4 aromatic rings. The summed E-state index contributed by atoms with van der Waals surface area (Å²) in [5.41, 5.74) is 1.42. The van der Waals surface area contributed by atoms with Crippen LogP contribution in [0.25, 0.3) is 16.6 Å². The van der Waals surface area contributed by atoms with Crippen LogP contribution in [0.3, 0.4) is 0 Å². The Balaban J connectivity index is 1.27. The van der Waals surface area contributed by atoms with Gasteiger partial charge in [0, 0.05) is 30.3 Å². The molecule has 2 aromatic heterocycles. The van der Waals surface area contributed by atoms with Gasteiger partial charge in [-0.25, -0.2) is 18.5 Å². The van der Waals surface area contributed by atoms with Crippen molar-refractivity contribution >= 4 is 40.0 Å². The van der Waals surface area contributed by atoms with Crippen LogP contribution in [0.5, 0.6) is 5.75 Å². The predicted octanol–water partition coefficient (Wildman–Crippen LogP) is 6.18. The lowest BCUT2D eigenvalue weighted by atomic mass is 10.2. The van der Waals surface area contributed by atoms with Crippen LogP contribution in [-0.4, -0.2) is 44.3 Å². The van der Waals surface area contributed by atoms with E-state index in [1.165, 1.54) is 16.8 Å². The van der Waals surface area contributed by atoms with Crippen LogP contribution in [0.2, 0.25) is 5.02 Å². The number of hydrogen-bond donors (Lipinski definition) is 1. The number of esters is 1. The second kappa shape index (κ2) is 10.6. The van der Waals surface area contributed by atoms with Crippen molar-refractivity contribution in [1.29, 1.82) is 0 Å². The van der Waals surface area contributed by atoms with E-state index >= 15 is 0 Å². The maximum atomic E-state index is 14.6. The van der Waals surface area contributed by atoms with Gasteiger partial charge in [-0.15, -0.1) is 0 Å². The first-order valence-electron chi connectivity index (χ1n) is 12.4. The molecular formula is C27H29ClFN5O4. The zero-order valence-corrected chi connectivity index (χ0v) is 22.2. The molecule has 0 radical (unpaired) electrons. The maximum absolute atomic E-state index is 14.6. The minimum Gasteiger partial charge on any atom is -0.479 e. The summed E-state index contributed by atoms with van der Waals surface area (Å²) in [6.07, 6.45) is 6.45. The van der Waals surface area contributed by atoms with Crippen LogP contribution in [0.15, 0.2) is 48.8 Å². The van der Waals surface area contributed by atoms with E-state index in [1.807, 2.05) is 16.8 Å². The molecule has 0 aliphatic carbocycles. The predicted molar refractivity (Wildman–Crippen MR) is 142 cm³/mol. The van der Waals surface area contributed by atoms with Crippen molar-refractivity contribution in [2.75, 3.05) is 18.5 Å². The number of benzene rings is 2. The Labute approximate surface area is 224 Å². The molecule has 1 unspecified atom stereocenters. The number of anilines is 2. The zero-order chi connectivity index (χ0) is 26.9. The van der Waals surface area contributed by atoms with Crippen LogP contribution in [0.1, 0.15) is 46.3 Å². The van der Waals surface area contributed by atoms with Crippen molar-refractivity contribution in [3.8, 4) is 11.4 Å². The van der Waals surface area contributed by atoms with Gasteiger partial charge < -0.3 is 19.5 Å². The molecule has 1 N–H and O–H groups in total. The van der Waals surface area contributed by atoms with Crippen molar-refractivity contribution in [2.24, 2.45) is 0 Å². The van der Waals surface area contributed by atoms with Gasteiger partial charge in [0.05, 0.1) is 28.1 Å². The lowest BCUT2D eigenvalue weighted by molar-refractivity contribution is -0.157. The standard InChI is InChI=1S/C27H29ClFN5O4/c1-27(2,3)38-25(35)16-37-22-10-7-17(14-19(22)29)33-12-11-23(32-33)31-20-8-9-21-18(26(20)28)15-30-34(21)24-6-4-5-13-36-24/h7-12,14-15,24H,4-6,13,16H2,1-3H3,(H,31,32). The molecule has 1 aliphatic rings. The Morgan fingerprint density at radius 3 is 2.82 bits per heavy atom. The molecule has 9 nitrogen and oxygen atoms in total. The monoisotopic (exact) mass is 541 g/mol. The molecule has 38 heavy (non-hydrogen) atoms. The Morgan fingerprint density at radius 2 is 2.08 bits per heavy atom. The summed E-state index contributed by atoms with van der Waals surface area (Å²) in [5, 5.41) is 13.6. The van der Waals surface area contributed by atoms with Crippen LogP contribution in [-0.2, 0) is 14.3 Å². The van der Waals surface area contributed by atoms with Crippen LogP contribution in [0.4, 0.5) is 15.9 Å². The van der Waals surface area contributed by atoms with Gasteiger partial charge in [-0.2, -0.15) is 10.2 Å². The number of carbonyl (C=O) groups excluding carboxylic acids is 1. The number of rotatable bonds is 7. The molecule has 0 spiro atoms. The highest BCUT2D eigenvalue weighted by Crippen LogP contribution is 2.35. The van der Waals surface area contributed by atoms with Crippen LogP contribution in [0, 0.1) is 5.82 Å². The third-order valence-electron chi connectivity index (χ3n) is 5.94. The largest absolute Gasteiger partial charge is 0.479 e. The summed E-state index contributed by atoms with van der Waals surface area (Å²) in [5.74, 6) is -0.719. The molecular weight excluding hydrogens is 513 g/mol. The highest BCUT2D eigenvalue weighted by molar-refractivity contribution is 6.38. The topological polar surface area (TPSA) is 92.4 Å². The van der Waals surface area contributed by atoms with Gasteiger partial charge in [-0.3, -0.25) is 0 Å². The van der Waals surface area contributed by atoms with Gasteiger partial charge in [0.1, 0.15) is 5.60 Å². The van der Waals surface area contributed by atoms with Gasteiger partial charge in [-0.1, -0.05) is 11.6 Å². The van der Waals surface area contributed by atoms with E-state index < -0.39 is 17.4 Å². The molecule has 1 saturated heterocycles. The average molecular weight is 542 g/mol. The molecule has 11 heteroatoms. The molecule has 0 saturated carbocycles. The molecule has 0 bridgehead atoms. The van der Waals surface area contributed by atoms with Crippen molar-refractivity contribution in [3.05, 3.63) is 59.6 Å². The Kier molecular flexibility index (Phi) is 7.27.